The van der Waals surface area contributed by atoms with E-state index in [2.05, 4.69) is 36.3 Å². The Labute approximate surface area is 126 Å². The van der Waals surface area contributed by atoms with Gasteiger partial charge in [-0.2, -0.15) is 5.10 Å². The number of rotatable bonds is 7. The number of benzene rings is 1. The summed E-state index contributed by atoms with van der Waals surface area (Å²) in [7, 11) is 5.76. The second-order valence-corrected chi connectivity index (χ2v) is 5.08. The quantitative estimate of drug-likeness (QED) is 0.846. The summed E-state index contributed by atoms with van der Waals surface area (Å²) in [6.07, 6.45) is 0. The van der Waals surface area contributed by atoms with Gasteiger partial charge in [0.1, 0.15) is 5.82 Å². The lowest BCUT2D eigenvalue weighted by atomic mass is 10.2. The molecule has 0 unspecified atom stereocenters. The van der Waals surface area contributed by atoms with Gasteiger partial charge in [0.2, 0.25) is 0 Å². The zero-order chi connectivity index (χ0) is 15.2. The molecule has 0 saturated heterocycles. The zero-order valence-electron chi connectivity index (χ0n) is 13.3. The molecule has 2 aromatic rings. The van der Waals surface area contributed by atoms with Crippen molar-refractivity contribution in [2.24, 2.45) is 0 Å². The van der Waals surface area contributed by atoms with Crippen LogP contribution < -0.4 is 10.2 Å². The number of ether oxygens (including phenoxy) is 1. The van der Waals surface area contributed by atoms with Crippen LogP contribution in [-0.4, -0.2) is 44.1 Å². The predicted octanol–water partition coefficient (Wildman–Crippen LogP) is 1.98. The first-order chi connectivity index (χ1) is 10.2. The Kier molecular flexibility index (Phi) is 5.36. The molecule has 0 fully saturated rings. The molecule has 2 rings (SSSR count). The molecule has 0 amide bonds. The summed E-state index contributed by atoms with van der Waals surface area (Å²) in [5, 5.41) is 7.95. The fourth-order valence-corrected chi connectivity index (χ4v) is 2.41. The number of hydrogen-bond acceptors (Lipinski definition) is 4. The highest BCUT2D eigenvalue weighted by Crippen LogP contribution is 2.26. The van der Waals surface area contributed by atoms with E-state index in [0.29, 0.717) is 6.61 Å². The van der Waals surface area contributed by atoms with Gasteiger partial charge in [-0.3, -0.25) is 0 Å². The molecule has 0 spiro atoms. The molecule has 0 aliphatic rings. The third kappa shape index (κ3) is 3.43. The van der Waals surface area contributed by atoms with E-state index in [1.165, 1.54) is 5.56 Å². The van der Waals surface area contributed by atoms with Crippen molar-refractivity contribution in [3.05, 3.63) is 41.6 Å². The number of aryl methyl sites for hydroxylation is 1. The Balaban J connectivity index is 2.47. The summed E-state index contributed by atoms with van der Waals surface area (Å²) in [6.45, 7) is 4.37. The van der Waals surface area contributed by atoms with Gasteiger partial charge in [-0.05, 0) is 26.1 Å². The number of methoxy groups -OCH3 is 1. The van der Waals surface area contributed by atoms with Crippen LogP contribution in [0.2, 0.25) is 0 Å². The van der Waals surface area contributed by atoms with Gasteiger partial charge in [-0.1, -0.05) is 18.2 Å². The first-order valence-corrected chi connectivity index (χ1v) is 7.17. The third-order valence-electron chi connectivity index (χ3n) is 3.50. The van der Waals surface area contributed by atoms with Gasteiger partial charge in [-0.25, -0.2) is 4.68 Å². The van der Waals surface area contributed by atoms with Crippen molar-refractivity contribution in [1.82, 2.24) is 15.1 Å². The number of para-hydroxylation sites is 1. The van der Waals surface area contributed by atoms with Crippen LogP contribution in [0.25, 0.3) is 5.69 Å². The Hall–Kier alpha value is -1.85. The molecule has 0 aliphatic heterocycles. The van der Waals surface area contributed by atoms with Crippen molar-refractivity contribution in [3.63, 3.8) is 0 Å². The second-order valence-electron chi connectivity index (χ2n) is 5.08. The van der Waals surface area contributed by atoms with E-state index in [1.54, 1.807) is 7.11 Å². The molecule has 5 nitrogen and oxygen atoms in total. The van der Waals surface area contributed by atoms with Crippen LogP contribution in [0.5, 0.6) is 0 Å². The lowest BCUT2D eigenvalue weighted by Crippen LogP contribution is -2.26. The van der Waals surface area contributed by atoms with E-state index < -0.39 is 0 Å². The van der Waals surface area contributed by atoms with Gasteiger partial charge in [0.15, 0.2) is 0 Å². The second kappa shape index (κ2) is 7.24. The van der Waals surface area contributed by atoms with Gasteiger partial charge in [0.25, 0.3) is 0 Å². The maximum atomic E-state index is 5.20. The fraction of sp³-hybridized carbons (Fsp3) is 0.438. The summed E-state index contributed by atoms with van der Waals surface area (Å²) in [5.74, 6) is 1.12. The summed E-state index contributed by atoms with van der Waals surface area (Å²) >= 11 is 0. The van der Waals surface area contributed by atoms with Crippen molar-refractivity contribution in [3.8, 4) is 5.69 Å². The third-order valence-corrected chi connectivity index (χ3v) is 3.50. The van der Waals surface area contributed by atoms with E-state index in [0.717, 1.165) is 30.3 Å². The van der Waals surface area contributed by atoms with Gasteiger partial charge >= 0.3 is 0 Å². The molecular formula is C16H24N4O. The topological polar surface area (TPSA) is 42.3 Å². The monoisotopic (exact) mass is 288 g/mol. The minimum absolute atomic E-state index is 0.689. The van der Waals surface area contributed by atoms with Crippen molar-refractivity contribution in [2.75, 3.05) is 39.3 Å². The minimum atomic E-state index is 0.689. The Morgan fingerprint density at radius 3 is 2.62 bits per heavy atom. The molecule has 0 atom stereocenters. The molecule has 1 aromatic carbocycles. The molecule has 21 heavy (non-hydrogen) atoms. The largest absolute Gasteiger partial charge is 0.383 e. The smallest absolute Gasteiger partial charge is 0.136 e. The summed E-state index contributed by atoms with van der Waals surface area (Å²) in [4.78, 5) is 2.20. The van der Waals surface area contributed by atoms with E-state index in [1.807, 2.05) is 29.9 Å². The molecule has 114 valence electrons. The van der Waals surface area contributed by atoms with Crippen LogP contribution >= 0.6 is 0 Å². The molecule has 0 radical (unpaired) electrons. The average molecular weight is 288 g/mol. The van der Waals surface area contributed by atoms with Crippen LogP contribution in [0.15, 0.2) is 30.3 Å². The number of aromatic nitrogens is 2. The molecule has 1 N–H and O–H groups in total. The van der Waals surface area contributed by atoms with Crippen LogP contribution in [0.4, 0.5) is 5.82 Å². The molecule has 0 bridgehead atoms. The number of anilines is 1. The minimum Gasteiger partial charge on any atom is -0.383 e. The molecule has 5 heteroatoms. The molecule has 1 aromatic heterocycles. The molecule has 1 heterocycles. The first-order valence-electron chi connectivity index (χ1n) is 7.17. The van der Waals surface area contributed by atoms with Gasteiger partial charge < -0.3 is 15.0 Å². The normalized spacial score (nSPS) is 10.9. The maximum Gasteiger partial charge on any atom is 0.136 e. The number of likely N-dealkylation sites (N-methyl/N-ethyl adjacent to an activating group) is 1. The first kappa shape index (κ1) is 15.5. The Morgan fingerprint density at radius 2 is 2.00 bits per heavy atom. The van der Waals surface area contributed by atoms with Gasteiger partial charge in [0.05, 0.1) is 18.0 Å². The van der Waals surface area contributed by atoms with Crippen molar-refractivity contribution in [2.45, 2.75) is 13.5 Å². The van der Waals surface area contributed by atoms with Crippen LogP contribution in [-0.2, 0) is 11.3 Å². The average Bonchev–Trinajstić information content (AvgIpc) is 2.83. The number of hydrogen-bond donors (Lipinski definition) is 1. The highest BCUT2D eigenvalue weighted by molar-refractivity contribution is 5.54. The van der Waals surface area contributed by atoms with Crippen LogP contribution in [0.3, 0.4) is 0 Å². The molecular weight excluding hydrogens is 264 g/mol. The van der Waals surface area contributed by atoms with Gasteiger partial charge in [0, 0.05) is 32.8 Å². The van der Waals surface area contributed by atoms with E-state index in [-0.39, 0.29) is 0 Å². The SMILES string of the molecule is CNCc1c(C)nn(-c2ccccc2)c1N(C)CCOC. The van der Waals surface area contributed by atoms with Crippen LogP contribution in [0.1, 0.15) is 11.3 Å². The van der Waals surface area contributed by atoms with Crippen molar-refractivity contribution in [1.29, 1.82) is 0 Å². The number of nitrogens with zero attached hydrogens (tertiary/aromatic N) is 3. The van der Waals surface area contributed by atoms with E-state index in [4.69, 9.17) is 9.84 Å². The standard InChI is InChI=1S/C16H24N4O/c1-13-15(12-17-2)16(19(3)10-11-21-4)20(18-13)14-8-6-5-7-9-14/h5-9,17H,10-12H2,1-4H3. The Bertz CT molecular complexity index is 565. The molecule has 0 saturated carbocycles. The number of nitrogens with one attached hydrogen (secondary N) is 1. The molecule has 0 aliphatic carbocycles. The summed E-state index contributed by atoms with van der Waals surface area (Å²) < 4.78 is 7.21. The van der Waals surface area contributed by atoms with Crippen molar-refractivity contribution < 1.29 is 4.74 Å². The van der Waals surface area contributed by atoms with E-state index >= 15 is 0 Å². The van der Waals surface area contributed by atoms with Gasteiger partial charge in [-0.15, -0.1) is 0 Å². The maximum absolute atomic E-state index is 5.20. The summed E-state index contributed by atoms with van der Waals surface area (Å²) in [6, 6.07) is 10.2. The highest BCUT2D eigenvalue weighted by atomic mass is 16.5. The fourth-order valence-electron chi connectivity index (χ4n) is 2.41. The lowest BCUT2D eigenvalue weighted by Gasteiger charge is -2.22. The van der Waals surface area contributed by atoms with Crippen LogP contribution in [0, 0.1) is 6.92 Å². The zero-order valence-corrected chi connectivity index (χ0v) is 13.3. The predicted molar refractivity (Wildman–Crippen MR) is 86.2 cm³/mol. The lowest BCUT2D eigenvalue weighted by molar-refractivity contribution is 0.206. The highest BCUT2D eigenvalue weighted by Gasteiger charge is 2.19. The Morgan fingerprint density at radius 1 is 1.29 bits per heavy atom. The van der Waals surface area contributed by atoms with Crippen molar-refractivity contribution >= 4 is 5.82 Å². The van der Waals surface area contributed by atoms with E-state index in [9.17, 15) is 0 Å². The summed E-state index contributed by atoms with van der Waals surface area (Å²) in [5.41, 5.74) is 3.34.